The predicted octanol–water partition coefficient (Wildman–Crippen LogP) is -0.0118. The second-order valence-electron chi connectivity index (χ2n) is 5.70. The van der Waals surface area contributed by atoms with Gasteiger partial charge in [-0.05, 0) is 20.8 Å². The number of hydrogen-bond donors (Lipinski definition) is 2. The van der Waals surface area contributed by atoms with Crippen LogP contribution in [0.2, 0.25) is 0 Å². The smallest absolute Gasteiger partial charge is 0.209 e. The summed E-state index contributed by atoms with van der Waals surface area (Å²) in [5, 5.41) is 4.30. The lowest BCUT2D eigenvalue weighted by atomic mass is 10.1. The number of nitrogen functional groups attached to an aromatic ring is 1. The third-order valence-electron chi connectivity index (χ3n) is 2.93. The van der Waals surface area contributed by atoms with Gasteiger partial charge in [-0.3, -0.25) is 9.25 Å². The lowest BCUT2D eigenvalue weighted by Crippen LogP contribution is -2.46. The molecule has 2 rings (SSSR count). The Balaban J connectivity index is 2.46. The van der Waals surface area contributed by atoms with Crippen LogP contribution in [-0.2, 0) is 23.6 Å². The number of nitrogens with two attached hydrogens (primary N) is 1. The lowest BCUT2D eigenvalue weighted by molar-refractivity contribution is 0.396. The summed E-state index contributed by atoms with van der Waals surface area (Å²) in [5.41, 5.74) is 7.56. The summed E-state index contributed by atoms with van der Waals surface area (Å²) in [4.78, 5) is 4.29. The number of aromatic nitrogens is 4. The van der Waals surface area contributed by atoms with Crippen molar-refractivity contribution in [3.8, 4) is 0 Å². The number of hydrogen-bond acceptors (Lipinski definition) is 5. The fourth-order valence-electron chi connectivity index (χ4n) is 2.44. The molecule has 0 aliphatic rings. The van der Waals surface area contributed by atoms with Crippen LogP contribution < -0.4 is 10.5 Å². The summed E-state index contributed by atoms with van der Waals surface area (Å²) >= 11 is 0. The number of fused-ring (bicyclic) bond motifs is 1. The summed E-state index contributed by atoms with van der Waals surface area (Å²) in [6.07, 6.45) is 1.13. The van der Waals surface area contributed by atoms with Crippen LogP contribution in [0.4, 0.5) is 5.95 Å². The fourth-order valence-corrected chi connectivity index (χ4v) is 3.51. The van der Waals surface area contributed by atoms with Crippen LogP contribution in [-0.4, -0.2) is 39.5 Å². The molecule has 112 valence electrons. The molecule has 0 fully saturated rings. The van der Waals surface area contributed by atoms with E-state index in [1.54, 1.807) is 23.1 Å². The third kappa shape index (κ3) is 2.78. The standard InChI is InChI=1S/C11H20N6O2S/c1-7-8-9(16(4)14-7)17(10(12)13-8)6-11(2,3)15-20(5,18)19/h15H,6H2,1-5H3,(H2,12,13). The van der Waals surface area contributed by atoms with Gasteiger partial charge < -0.3 is 5.73 Å². The van der Waals surface area contributed by atoms with Gasteiger partial charge in [0.05, 0.1) is 11.9 Å². The van der Waals surface area contributed by atoms with E-state index in [0.717, 1.165) is 23.1 Å². The van der Waals surface area contributed by atoms with E-state index in [9.17, 15) is 8.42 Å². The molecule has 0 atom stereocenters. The maximum Gasteiger partial charge on any atom is 0.209 e. The molecule has 0 amide bonds. The van der Waals surface area contributed by atoms with E-state index in [1.165, 1.54) is 0 Å². The van der Waals surface area contributed by atoms with Crippen molar-refractivity contribution in [2.45, 2.75) is 32.9 Å². The first kappa shape index (κ1) is 14.8. The van der Waals surface area contributed by atoms with Gasteiger partial charge >= 0.3 is 0 Å². The topological polar surface area (TPSA) is 108 Å². The number of aryl methyl sites for hydroxylation is 2. The van der Waals surface area contributed by atoms with E-state index in [4.69, 9.17) is 5.73 Å². The highest BCUT2D eigenvalue weighted by Crippen LogP contribution is 2.22. The summed E-state index contributed by atoms with van der Waals surface area (Å²) in [5.74, 6) is 0.347. The van der Waals surface area contributed by atoms with Gasteiger partial charge in [0, 0.05) is 19.1 Å². The van der Waals surface area contributed by atoms with Crippen LogP contribution in [0, 0.1) is 6.92 Å². The van der Waals surface area contributed by atoms with Crippen molar-refractivity contribution < 1.29 is 8.42 Å². The van der Waals surface area contributed by atoms with E-state index in [1.807, 2.05) is 14.0 Å². The number of nitrogens with zero attached hydrogens (tertiary/aromatic N) is 4. The normalized spacial score (nSPS) is 13.2. The van der Waals surface area contributed by atoms with Crippen LogP contribution in [0.1, 0.15) is 19.5 Å². The van der Waals surface area contributed by atoms with Crippen LogP contribution in [0.25, 0.3) is 11.2 Å². The molecule has 0 saturated carbocycles. The zero-order chi connectivity index (χ0) is 15.3. The van der Waals surface area contributed by atoms with E-state index in [2.05, 4.69) is 14.8 Å². The molecule has 0 unspecified atom stereocenters. The largest absolute Gasteiger partial charge is 0.369 e. The molecule has 8 nitrogen and oxygen atoms in total. The molecule has 3 N–H and O–H groups in total. The molecule has 0 radical (unpaired) electrons. The average Bonchev–Trinajstić information content (AvgIpc) is 2.64. The third-order valence-corrected chi connectivity index (χ3v) is 3.86. The Morgan fingerprint density at radius 2 is 2.00 bits per heavy atom. The summed E-state index contributed by atoms with van der Waals surface area (Å²) in [6, 6.07) is 0. The maximum absolute atomic E-state index is 11.4. The van der Waals surface area contributed by atoms with E-state index in [-0.39, 0.29) is 0 Å². The summed E-state index contributed by atoms with van der Waals surface area (Å²) < 4.78 is 28.9. The minimum atomic E-state index is -3.30. The highest BCUT2D eigenvalue weighted by Gasteiger charge is 2.26. The Morgan fingerprint density at radius 3 is 2.55 bits per heavy atom. The molecule has 0 aliphatic carbocycles. The zero-order valence-electron chi connectivity index (χ0n) is 12.3. The van der Waals surface area contributed by atoms with Gasteiger partial charge in [0.1, 0.15) is 5.52 Å². The highest BCUT2D eigenvalue weighted by atomic mass is 32.2. The molecule has 2 aromatic rings. The highest BCUT2D eigenvalue weighted by molar-refractivity contribution is 7.88. The maximum atomic E-state index is 11.4. The molecule has 0 spiro atoms. The molecule has 9 heteroatoms. The minimum absolute atomic E-state index is 0.347. The van der Waals surface area contributed by atoms with Crippen LogP contribution in [0.5, 0.6) is 0 Å². The van der Waals surface area contributed by atoms with Gasteiger partial charge in [-0.1, -0.05) is 0 Å². The fraction of sp³-hybridized carbons (Fsp3) is 0.636. The number of imidazole rings is 1. The van der Waals surface area contributed by atoms with Gasteiger partial charge in [-0.2, -0.15) is 5.10 Å². The summed E-state index contributed by atoms with van der Waals surface area (Å²) in [7, 11) is -1.49. The number of sulfonamides is 1. The molecular formula is C11H20N6O2S. The SMILES string of the molecule is Cc1nn(C)c2c1nc(N)n2CC(C)(C)NS(C)(=O)=O. The van der Waals surface area contributed by atoms with Gasteiger partial charge in [0.25, 0.3) is 0 Å². The molecular weight excluding hydrogens is 280 g/mol. The van der Waals surface area contributed by atoms with Crippen LogP contribution in [0.15, 0.2) is 0 Å². The molecule has 0 bridgehead atoms. The summed E-state index contributed by atoms with van der Waals surface area (Å²) in [6.45, 7) is 5.81. The Morgan fingerprint density at radius 1 is 1.40 bits per heavy atom. The molecule has 2 heterocycles. The van der Waals surface area contributed by atoms with Crippen molar-refractivity contribution in [2.75, 3.05) is 12.0 Å². The predicted molar refractivity (Wildman–Crippen MR) is 77.7 cm³/mol. The van der Waals surface area contributed by atoms with Gasteiger partial charge in [-0.25, -0.2) is 18.1 Å². The molecule has 0 saturated heterocycles. The zero-order valence-corrected chi connectivity index (χ0v) is 13.1. The molecule has 0 aromatic carbocycles. The van der Waals surface area contributed by atoms with Crippen molar-refractivity contribution in [3.63, 3.8) is 0 Å². The molecule has 0 aliphatic heterocycles. The molecule has 2 aromatic heterocycles. The van der Waals surface area contributed by atoms with Gasteiger partial charge in [0.2, 0.25) is 16.0 Å². The number of rotatable bonds is 4. The van der Waals surface area contributed by atoms with E-state index >= 15 is 0 Å². The van der Waals surface area contributed by atoms with Gasteiger partial charge in [-0.15, -0.1) is 0 Å². The van der Waals surface area contributed by atoms with Gasteiger partial charge in [0.15, 0.2) is 5.65 Å². The Bertz CT molecular complexity index is 756. The Hall–Kier alpha value is -1.61. The monoisotopic (exact) mass is 300 g/mol. The second-order valence-corrected chi connectivity index (χ2v) is 7.44. The average molecular weight is 300 g/mol. The molecule has 20 heavy (non-hydrogen) atoms. The number of nitrogens with one attached hydrogen (secondary N) is 1. The van der Waals surface area contributed by atoms with Crippen LogP contribution >= 0.6 is 0 Å². The van der Waals surface area contributed by atoms with Crippen LogP contribution in [0.3, 0.4) is 0 Å². The second kappa shape index (κ2) is 4.45. The minimum Gasteiger partial charge on any atom is -0.369 e. The van der Waals surface area contributed by atoms with Crippen molar-refractivity contribution in [1.82, 2.24) is 24.1 Å². The number of anilines is 1. The van der Waals surface area contributed by atoms with E-state index < -0.39 is 15.6 Å². The Kier molecular flexibility index (Phi) is 3.29. The van der Waals surface area contributed by atoms with Crippen molar-refractivity contribution >= 4 is 27.1 Å². The van der Waals surface area contributed by atoms with Crippen molar-refractivity contribution in [2.24, 2.45) is 7.05 Å². The van der Waals surface area contributed by atoms with Crippen molar-refractivity contribution in [1.29, 1.82) is 0 Å². The lowest BCUT2D eigenvalue weighted by Gasteiger charge is -2.26. The van der Waals surface area contributed by atoms with Crippen molar-refractivity contribution in [3.05, 3.63) is 5.69 Å². The first-order chi connectivity index (χ1) is 9.00. The Labute approximate surface area is 118 Å². The first-order valence-corrected chi connectivity index (χ1v) is 8.03. The quantitative estimate of drug-likeness (QED) is 0.825. The van der Waals surface area contributed by atoms with E-state index in [0.29, 0.717) is 12.5 Å². The first-order valence-electron chi connectivity index (χ1n) is 6.14.